The Balaban J connectivity index is 1.54. The van der Waals surface area contributed by atoms with Gasteiger partial charge in [0.05, 0.1) is 0 Å². The van der Waals surface area contributed by atoms with Crippen LogP contribution in [0, 0.1) is 0 Å². The highest BCUT2D eigenvalue weighted by molar-refractivity contribution is 5.41. The maximum Gasteiger partial charge on any atom is 0.122 e. The van der Waals surface area contributed by atoms with Gasteiger partial charge in [0, 0.05) is 5.41 Å². The van der Waals surface area contributed by atoms with Gasteiger partial charge in [-0.1, -0.05) is 56.3 Å². The highest BCUT2D eigenvalue weighted by atomic mass is 16.5. The first kappa shape index (κ1) is 19.8. The predicted octanol–water partition coefficient (Wildman–Crippen LogP) is 4.54. The first-order valence-electron chi connectivity index (χ1n) is 9.34. The SMILES string of the molecule is CC(C)(c1ccc(O)cc1)c1ccc(OCC(O)COc2ccccc2)cc1. The van der Waals surface area contributed by atoms with Crippen molar-refractivity contribution in [3.8, 4) is 17.2 Å². The van der Waals surface area contributed by atoms with Crippen molar-refractivity contribution in [1.82, 2.24) is 0 Å². The van der Waals surface area contributed by atoms with Crippen molar-refractivity contribution in [2.75, 3.05) is 13.2 Å². The summed E-state index contributed by atoms with van der Waals surface area (Å²) in [7, 11) is 0. The topological polar surface area (TPSA) is 58.9 Å². The molecule has 4 nitrogen and oxygen atoms in total. The van der Waals surface area contributed by atoms with E-state index >= 15 is 0 Å². The molecular weight excluding hydrogens is 352 g/mol. The third-order valence-corrected chi connectivity index (χ3v) is 4.79. The Bertz CT molecular complexity index is 855. The van der Waals surface area contributed by atoms with Gasteiger partial charge in [0.15, 0.2) is 0 Å². The Labute approximate surface area is 166 Å². The zero-order chi connectivity index (χ0) is 20.0. The molecule has 4 heteroatoms. The number of rotatable bonds is 8. The van der Waals surface area contributed by atoms with Crippen molar-refractivity contribution in [1.29, 1.82) is 0 Å². The second-order valence-corrected chi connectivity index (χ2v) is 7.29. The van der Waals surface area contributed by atoms with Crippen LogP contribution in [0.1, 0.15) is 25.0 Å². The smallest absolute Gasteiger partial charge is 0.122 e. The van der Waals surface area contributed by atoms with Gasteiger partial charge in [-0.15, -0.1) is 0 Å². The summed E-state index contributed by atoms with van der Waals surface area (Å²) in [6.07, 6.45) is -0.715. The Morgan fingerprint density at radius 3 is 1.71 bits per heavy atom. The van der Waals surface area contributed by atoms with Gasteiger partial charge in [-0.25, -0.2) is 0 Å². The van der Waals surface area contributed by atoms with Crippen LogP contribution in [0.4, 0.5) is 0 Å². The van der Waals surface area contributed by atoms with E-state index in [1.165, 1.54) is 0 Å². The number of hydrogen-bond acceptors (Lipinski definition) is 4. The van der Waals surface area contributed by atoms with Crippen LogP contribution < -0.4 is 9.47 Å². The van der Waals surface area contributed by atoms with E-state index in [4.69, 9.17) is 9.47 Å². The third-order valence-electron chi connectivity index (χ3n) is 4.79. The van der Waals surface area contributed by atoms with E-state index in [1.807, 2.05) is 66.7 Å². The summed E-state index contributed by atoms with van der Waals surface area (Å²) in [4.78, 5) is 0. The van der Waals surface area contributed by atoms with Crippen LogP contribution in [0.15, 0.2) is 78.9 Å². The molecule has 0 aliphatic carbocycles. The number of para-hydroxylation sites is 1. The van der Waals surface area contributed by atoms with Gasteiger partial charge < -0.3 is 19.7 Å². The van der Waals surface area contributed by atoms with Gasteiger partial charge in [0.1, 0.15) is 36.6 Å². The molecule has 0 aromatic heterocycles. The van der Waals surface area contributed by atoms with Crippen molar-refractivity contribution in [2.24, 2.45) is 0 Å². The summed E-state index contributed by atoms with van der Waals surface area (Å²) in [5, 5.41) is 19.5. The van der Waals surface area contributed by atoms with E-state index in [0.29, 0.717) is 5.75 Å². The van der Waals surface area contributed by atoms with E-state index in [0.717, 1.165) is 16.9 Å². The molecule has 0 bridgehead atoms. The molecule has 2 N–H and O–H groups in total. The van der Waals surface area contributed by atoms with E-state index < -0.39 is 6.10 Å². The Morgan fingerprint density at radius 2 is 1.18 bits per heavy atom. The van der Waals surface area contributed by atoms with Gasteiger partial charge in [-0.2, -0.15) is 0 Å². The maximum atomic E-state index is 10.1. The lowest BCUT2D eigenvalue weighted by molar-refractivity contribution is 0.0626. The summed E-state index contributed by atoms with van der Waals surface area (Å²) in [5.41, 5.74) is 2.06. The number of aliphatic hydroxyl groups excluding tert-OH is 1. The molecule has 0 radical (unpaired) electrons. The van der Waals surface area contributed by atoms with Crippen molar-refractivity contribution in [3.63, 3.8) is 0 Å². The minimum Gasteiger partial charge on any atom is -0.508 e. The number of ether oxygens (including phenoxy) is 2. The Morgan fingerprint density at radius 1 is 0.714 bits per heavy atom. The average molecular weight is 378 g/mol. The molecule has 1 atom stereocenters. The third kappa shape index (κ3) is 5.05. The molecule has 0 aliphatic rings. The van der Waals surface area contributed by atoms with E-state index in [9.17, 15) is 10.2 Å². The molecule has 28 heavy (non-hydrogen) atoms. The largest absolute Gasteiger partial charge is 0.508 e. The van der Waals surface area contributed by atoms with Crippen LogP contribution in [0.25, 0.3) is 0 Å². The first-order chi connectivity index (χ1) is 13.4. The fraction of sp³-hybridized carbons (Fsp3) is 0.250. The van der Waals surface area contributed by atoms with Gasteiger partial charge in [0.2, 0.25) is 0 Å². The number of aliphatic hydroxyl groups is 1. The number of benzene rings is 3. The lowest BCUT2D eigenvalue weighted by Crippen LogP contribution is -2.25. The molecule has 0 saturated carbocycles. The molecule has 1 unspecified atom stereocenters. The van der Waals surface area contributed by atoms with Crippen molar-refractivity contribution in [2.45, 2.75) is 25.4 Å². The van der Waals surface area contributed by atoms with E-state index in [1.54, 1.807) is 12.1 Å². The average Bonchev–Trinajstić information content (AvgIpc) is 2.72. The molecule has 0 fully saturated rings. The van der Waals surface area contributed by atoms with Crippen molar-refractivity contribution < 1.29 is 19.7 Å². The highest BCUT2D eigenvalue weighted by Gasteiger charge is 2.23. The predicted molar refractivity (Wildman–Crippen MR) is 110 cm³/mol. The molecule has 0 spiro atoms. The van der Waals surface area contributed by atoms with Crippen LogP contribution in [-0.2, 0) is 5.41 Å². The Kier molecular flexibility index (Phi) is 6.22. The van der Waals surface area contributed by atoms with E-state index in [-0.39, 0.29) is 24.4 Å². The van der Waals surface area contributed by atoms with Gasteiger partial charge in [-0.3, -0.25) is 0 Å². The van der Waals surface area contributed by atoms with Crippen LogP contribution >= 0.6 is 0 Å². The Hall–Kier alpha value is -2.98. The van der Waals surface area contributed by atoms with Crippen LogP contribution in [-0.4, -0.2) is 29.5 Å². The molecule has 0 aliphatic heterocycles. The summed E-state index contributed by atoms with van der Waals surface area (Å²) in [5.74, 6) is 1.68. The molecule has 0 amide bonds. The zero-order valence-corrected chi connectivity index (χ0v) is 16.2. The summed E-state index contributed by atoms with van der Waals surface area (Å²) >= 11 is 0. The summed E-state index contributed by atoms with van der Waals surface area (Å²) < 4.78 is 11.2. The number of hydrogen-bond donors (Lipinski definition) is 2. The monoisotopic (exact) mass is 378 g/mol. The molecule has 0 heterocycles. The normalized spacial score (nSPS) is 12.4. The first-order valence-corrected chi connectivity index (χ1v) is 9.34. The second-order valence-electron chi connectivity index (χ2n) is 7.29. The fourth-order valence-electron chi connectivity index (χ4n) is 2.96. The standard InChI is InChI=1S/C24H26O4/c1-24(2,18-8-12-20(25)13-9-18)19-10-14-23(15-11-19)28-17-21(26)16-27-22-6-4-3-5-7-22/h3-15,21,25-26H,16-17H2,1-2H3. The molecule has 3 aromatic rings. The fourth-order valence-corrected chi connectivity index (χ4v) is 2.96. The van der Waals surface area contributed by atoms with E-state index in [2.05, 4.69) is 13.8 Å². The molecular formula is C24H26O4. The minimum atomic E-state index is -0.715. The second kappa shape index (κ2) is 8.81. The number of aromatic hydroxyl groups is 1. The number of phenols is 1. The van der Waals surface area contributed by atoms with Crippen LogP contribution in [0.2, 0.25) is 0 Å². The quantitative estimate of drug-likeness (QED) is 0.604. The van der Waals surface area contributed by atoms with Gasteiger partial charge in [-0.05, 0) is 47.5 Å². The molecule has 146 valence electrons. The van der Waals surface area contributed by atoms with Crippen molar-refractivity contribution >= 4 is 0 Å². The zero-order valence-electron chi connectivity index (χ0n) is 16.2. The minimum absolute atomic E-state index is 0.160. The highest BCUT2D eigenvalue weighted by Crippen LogP contribution is 2.33. The van der Waals surface area contributed by atoms with Crippen molar-refractivity contribution in [3.05, 3.63) is 90.0 Å². The molecule has 3 rings (SSSR count). The van der Waals surface area contributed by atoms with Crippen LogP contribution in [0.5, 0.6) is 17.2 Å². The maximum absolute atomic E-state index is 10.1. The molecule has 0 saturated heterocycles. The lowest BCUT2D eigenvalue weighted by atomic mass is 9.78. The van der Waals surface area contributed by atoms with Crippen LogP contribution in [0.3, 0.4) is 0 Å². The van der Waals surface area contributed by atoms with Gasteiger partial charge in [0.25, 0.3) is 0 Å². The molecule has 3 aromatic carbocycles. The summed E-state index contributed by atoms with van der Waals surface area (Å²) in [6, 6.07) is 24.5. The van der Waals surface area contributed by atoms with Gasteiger partial charge >= 0.3 is 0 Å². The summed E-state index contributed by atoms with van der Waals surface area (Å²) in [6.45, 7) is 4.61. The lowest BCUT2D eigenvalue weighted by Gasteiger charge is -2.26. The number of phenolic OH excluding ortho intramolecular Hbond substituents is 1.